The van der Waals surface area contributed by atoms with Gasteiger partial charge in [-0.3, -0.25) is 9.78 Å². The average molecular weight is 266 g/mol. The van der Waals surface area contributed by atoms with Gasteiger partial charge in [0.25, 0.3) is 0 Å². The number of amides is 1. The van der Waals surface area contributed by atoms with Crippen LogP contribution >= 0.6 is 0 Å². The molecule has 0 aliphatic rings. The number of aliphatic hydroxyl groups excluding tert-OH is 1. The minimum Gasteiger partial charge on any atom is -0.390 e. The summed E-state index contributed by atoms with van der Waals surface area (Å²) in [5, 5.41) is 9.08. The molecule has 5 nitrogen and oxygen atoms in total. The standard InChI is InChI=1S/C14H22N2O3/c1-12-4-5-13(10-17)15-14(12)6-8-16(11-18)7-3-9-19-2/h4-5,11,17H,3,6-10H2,1-2H3. The number of hydrogen-bond acceptors (Lipinski definition) is 4. The second-order valence-corrected chi connectivity index (χ2v) is 4.46. The van der Waals surface area contributed by atoms with Crippen molar-refractivity contribution in [3.8, 4) is 0 Å². The molecule has 19 heavy (non-hydrogen) atoms. The highest BCUT2D eigenvalue weighted by Crippen LogP contribution is 2.08. The Hall–Kier alpha value is -1.46. The van der Waals surface area contributed by atoms with E-state index in [1.165, 1.54) is 0 Å². The van der Waals surface area contributed by atoms with E-state index in [-0.39, 0.29) is 6.61 Å². The Morgan fingerprint density at radius 3 is 2.84 bits per heavy atom. The van der Waals surface area contributed by atoms with Crippen molar-refractivity contribution >= 4 is 6.41 Å². The van der Waals surface area contributed by atoms with Gasteiger partial charge in [-0.05, 0) is 25.0 Å². The highest BCUT2D eigenvalue weighted by Gasteiger charge is 2.06. The van der Waals surface area contributed by atoms with Crippen LogP contribution in [-0.2, 0) is 22.6 Å². The Balaban J connectivity index is 2.51. The normalized spacial score (nSPS) is 10.5. The van der Waals surface area contributed by atoms with Crippen LogP contribution in [0.2, 0.25) is 0 Å². The second-order valence-electron chi connectivity index (χ2n) is 4.46. The molecule has 1 aromatic heterocycles. The predicted octanol–water partition coefficient (Wildman–Crippen LogP) is 0.920. The summed E-state index contributed by atoms with van der Waals surface area (Å²) in [6, 6.07) is 3.76. The van der Waals surface area contributed by atoms with Crippen LogP contribution in [-0.4, -0.2) is 48.2 Å². The zero-order valence-corrected chi connectivity index (χ0v) is 11.6. The highest BCUT2D eigenvalue weighted by molar-refractivity contribution is 5.47. The summed E-state index contributed by atoms with van der Waals surface area (Å²) in [4.78, 5) is 17.1. The quantitative estimate of drug-likeness (QED) is 0.533. The lowest BCUT2D eigenvalue weighted by atomic mass is 10.1. The van der Waals surface area contributed by atoms with Crippen LogP contribution < -0.4 is 0 Å². The van der Waals surface area contributed by atoms with Crippen molar-refractivity contribution in [3.63, 3.8) is 0 Å². The van der Waals surface area contributed by atoms with Gasteiger partial charge in [-0.15, -0.1) is 0 Å². The van der Waals surface area contributed by atoms with E-state index in [9.17, 15) is 4.79 Å². The lowest BCUT2D eigenvalue weighted by Gasteiger charge is -2.17. The van der Waals surface area contributed by atoms with Gasteiger partial charge in [0.05, 0.1) is 12.3 Å². The van der Waals surface area contributed by atoms with Crippen molar-refractivity contribution in [2.75, 3.05) is 26.8 Å². The van der Waals surface area contributed by atoms with Gasteiger partial charge in [0.2, 0.25) is 6.41 Å². The van der Waals surface area contributed by atoms with Crippen molar-refractivity contribution in [2.45, 2.75) is 26.4 Å². The van der Waals surface area contributed by atoms with E-state index in [0.717, 1.165) is 24.1 Å². The first kappa shape index (κ1) is 15.6. The number of rotatable bonds is 9. The third-order valence-electron chi connectivity index (χ3n) is 3.00. The minimum atomic E-state index is -0.0570. The monoisotopic (exact) mass is 266 g/mol. The van der Waals surface area contributed by atoms with Crippen LogP contribution in [0.5, 0.6) is 0 Å². The Morgan fingerprint density at radius 1 is 1.42 bits per heavy atom. The molecule has 1 aromatic rings. The summed E-state index contributed by atoms with van der Waals surface area (Å²) in [5.41, 5.74) is 2.68. The summed E-state index contributed by atoms with van der Waals surface area (Å²) in [5.74, 6) is 0. The largest absolute Gasteiger partial charge is 0.390 e. The van der Waals surface area contributed by atoms with Crippen LogP contribution in [0.3, 0.4) is 0 Å². The van der Waals surface area contributed by atoms with Crippen molar-refractivity contribution in [1.29, 1.82) is 0 Å². The van der Waals surface area contributed by atoms with Crippen LogP contribution in [0.25, 0.3) is 0 Å². The maximum Gasteiger partial charge on any atom is 0.209 e. The van der Waals surface area contributed by atoms with E-state index in [4.69, 9.17) is 9.84 Å². The molecule has 5 heteroatoms. The molecule has 0 fully saturated rings. The number of hydrogen-bond donors (Lipinski definition) is 1. The molecule has 0 bridgehead atoms. The summed E-state index contributed by atoms with van der Waals surface area (Å²) in [6.45, 7) is 3.91. The van der Waals surface area contributed by atoms with Crippen LogP contribution in [0.1, 0.15) is 23.4 Å². The minimum absolute atomic E-state index is 0.0570. The first-order valence-corrected chi connectivity index (χ1v) is 6.45. The fourth-order valence-electron chi connectivity index (χ4n) is 1.84. The lowest BCUT2D eigenvalue weighted by molar-refractivity contribution is -0.118. The van der Waals surface area contributed by atoms with Crippen molar-refractivity contribution in [1.82, 2.24) is 9.88 Å². The predicted molar refractivity (Wildman–Crippen MR) is 72.7 cm³/mol. The Labute approximate surface area is 114 Å². The van der Waals surface area contributed by atoms with Crippen LogP contribution in [0, 0.1) is 6.92 Å². The molecule has 0 radical (unpaired) electrons. The van der Waals surface area contributed by atoms with E-state index in [0.29, 0.717) is 31.8 Å². The summed E-state index contributed by atoms with van der Waals surface area (Å²) < 4.78 is 4.97. The summed E-state index contributed by atoms with van der Waals surface area (Å²) in [6.07, 6.45) is 2.39. The van der Waals surface area contributed by atoms with Crippen LogP contribution in [0.4, 0.5) is 0 Å². The maximum atomic E-state index is 11.0. The van der Waals surface area contributed by atoms with Gasteiger partial charge in [-0.2, -0.15) is 0 Å². The van der Waals surface area contributed by atoms with Crippen molar-refractivity contribution in [3.05, 3.63) is 29.1 Å². The number of ether oxygens (including phenoxy) is 1. The van der Waals surface area contributed by atoms with Gasteiger partial charge in [0.1, 0.15) is 0 Å². The van der Waals surface area contributed by atoms with Crippen molar-refractivity contribution in [2.24, 2.45) is 0 Å². The van der Waals surface area contributed by atoms with Gasteiger partial charge in [0.15, 0.2) is 0 Å². The van der Waals surface area contributed by atoms with Gasteiger partial charge in [-0.1, -0.05) is 6.07 Å². The number of aliphatic hydroxyl groups is 1. The molecular weight excluding hydrogens is 244 g/mol. The van der Waals surface area contributed by atoms with Gasteiger partial charge >= 0.3 is 0 Å². The number of methoxy groups -OCH3 is 1. The smallest absolute Gasteiger partial charge is 0.209 e. The molecule has 1 rings (SSSR count). The maximum absolute atomic E-state index is 11.0. The number of aromatic nitrogens is 1. The molecule has 0 spiro atoms. The molecular formula is C14H22N2O3. The van der Waals surface area contributed by atoms with E-state index in [1.807, 2.05) is 19.1 Å². The molecule has 0 atom stereocenters. The molecule has 0 aliphatic heterocycles. The molecule has 0 aliphatic carbocycles. The highest BCUT2D eigenvalue weighted by atomic mass is 16.5. The first-order chi connectivity index (χ1) is 9.21. The summed E-state index contributed by atoms with van der Waals surface area (Å²) >= 11 is 0. The Bertz CT molecular complexity index is 396. The zero-order valence-electron chi connectivity index (χ0n) is 11.6. The molecule has 106 valence electrons. The van der Waals surface area contributed by atoms with Crippen LogP contribution in [0.15, 0.2) is 12.1 Å². The second kappa shape index (κ2) is 8.61. The SMILES string of the molecule is COCCCN(C=O)CCc1nc(CO)ccc1C. The van der Waals surface area contributed by atoms with Gasteiger partial charge in [-0.25, -0.2) is 0 Å². The zero-order chi connectivity index (χ0) is 14.1. The Kier molecular flexibility index (Phi) is 7.07. The van der Waals surface area contributed by atoms with E-state index in [2.05, 4.69) is 4.98 Å². The lowest BCUT2D eigenvalue weighted by Crippen LogP contribution is -2.27. The number of carbonyl (C=O) groups excluding carboxylic acids is 1. The molecule has 0 unspecified atom stereocenters. The van der Waals surface area contributed by atoms with E-state index >= 15 is 0 Å². The molecule has 1 amide bonds. The topological polar surface area (TPSA) is 62.7 Å². The summed E-state index contributed by atoms with van der Waals surface area (Å²) in [7, 11) is 1.65. The number of carbonyl (C=O) groups is 1. The van der Waals surface area contributed by atoms with E-state index < -0.39 is 0 Å². The molecule has 0 saturated heterocycles. The number of aryl methyl sites for hydroxylation is 1. The molecule has 1 heterocycles. The van der Waals surface area contributed by atoms with Gasteiger partial charge < -0.3 is 14.7 Å². The number of nitrogens with zero attached hydrogens (tertiary/aromatic N) is 2. The molecule has 0 saturated carbocycles. The third-order valence-corrected chi connectivity index (χ3v) is 3.00. The van der Waals surface area contributed by atoms with Gasteiger partial charge in [0, 0.05) is 38.9 Å². The third kappa shape index (κ3) is 5.36. The average Bonchev–Trinajstić information content (AvgIpc) is 2.44. The fourth-order valence-corrected chi connectivity index (χ4v) is 1.84. The molecule has 0 aromatic carbocycles. The molecule has 1 N–H and O–H groups in total. The number of pyridine rings is 1. The van der Waals surface area contributed by atoms with Crippen molar-refractivity contribution < 1.29 is 14.6 Å². The first-order valence-electron chi connectivity index (χ1n) is 6.45. The Morgan fingerprint density at radius 2 is 2.21 bits per heavy atom. The van der Waals surface area contributed by atoms with E-state index in [1.54, 1.807) is 12.0 Å². The fraction of sp³-hybridized carbons (Fsp3) is 0.571.